The Labute approximate surface area is 128 Å². The van der Waals surface area contributed by atoms with E-state index in [0.29, 0.717) is 11.6 Å². The van der Waals surface area contributed by atoms with E-state index >= 15 is 0 Å². The Morgan fingerprint density at radius 2 is 2.10 bits per heavy atom. The van der Waals surface area contributed by atoms with Gasteiger partial charge in [0.1, 0.15) is 0 Å². The molecule has 2 atom stereocenters. The molecule has 0 heterocycles. The van der Waals surface area contributed by atoms with Gasteiger partial charge in [-0.15, -0.1) is 0 Å². The highest BCUT2D eigenvalue weighted by Gasteiger charge is 2.20. The molecule has 0 bridgehead atoms. The average molecular weight is 289 g/mol. The summed E-state index contributed by atoms with van der Waals surface area (Å²) in [7, 11) is 1.44. The van der Waals surface area contributed by atoms with Crippen LogP contribution in [-0.2, 0) is 4.74 Å². The molecular formula is C18H27NO2. The zero-order chi connectivity index (χ0) is 15.2. The van der Waals surface area contributed by atoms with Crippen molar-refractivity contribution in [3.05, 3.63) is 29.3 Å². The maximum Gasteiger partial charge on any atom is 0.339 e. The fourth-order valence-corrected chi connectivity index (χ4v) is 3.21. The second-order valence-corrected chi connectivity index (χ2v) is 6.16. The lowest BCUT2D eigenvalue weighted by atomic mass is 9.97. The predicted molar refractivity (Wildman–Crippen MR) is 86.8 cm³/mol. The summed E-state index contributed by atoms with van der Waals surface area (Å²) < 4.78 is 4.90. The number of rotatable bonds is 4. The van der Waals surface area contributed by atoms with Crippen molar-refractivity contribution in [3.63, 3.8) is 0 Å². The van der Waals surface area contributed by atoms with Crippen LogP contribution in [0.25, 0.3) is 0 Å². The molecule has 0 amide bonds. The molecule has 2 rings (SSSR count). The minimum absolute atomic E-state index is 0.263. The number of carbonyl (C=O) groups is 1. The van der Waals surface area contributed by atoms with Crippen molar-refractivity contribution in [2.75, 3.05) is 12.4 Å². The largest absolute Gasteiger partial charge is 0.465 e. The molecule has 1 aliphatic rings. The lowest BCUT2D eigenvalue weighted by molar-refractivity contribution is 0.0601. The van der Waals surface area contributed by atoms with Crippen molar-refractivity contribution in [2.24, 2.45) is 5.92 Å². The molecule has 1 aromatic rings. The fourth-order valence-electron chi connectivity index (χ4n) is 3.21. The van der Waals surface area contributed by atoms with Crippen LogP contribution in [0.1, 0.15) is 61.4 Å². The molecule has 3 heteroatoms. The number of nitrogens with one attached hydrogen (secondary N) is 1. The molecule has 2 unspecified atom stereocenters. The van der Waals surface area contributed by atoms with Crippen LogP contribution in [0, 0.1) is 12.8 Å². The Kier molecular flexibility index (Phi) is 5.66. The number of hydrogen-bond acceptors (Lipinski definition) is 3. The van der Waals surface area contributed by atoms with Crippen LogP contribution in [0.2, 0.25) is 0 Å². The molecule has 0 aromatic heterocycles. The van der Waals surface area contributed by atoms with Gasteiger partial charge in [0.15, 0.2) is 0 Å². The summed E-state index contributed by atoms with van der Waals surface area (Å²) in [5.41, 5.74) is 2.63. The maximum absolute atomic E-state index is 11.9. The van der Waals surface area contributed by atoms with E-state index in [1.54, 1.807) is 0 Å². The Balaban J connectivity index is 2.10. The molecule has 1 aromatic carbocycles. The van der Waals surface area contributed by atoms with Crippen LogP contribution in [0.4, 0.5) is 5.69 Å². The van der Waals surface area contributed by atoms with E-state index in [0.717, 1.165) is 17.2 Å². The van der Waals surface area contributed by atoms with E-state index in [4.69, 9.17) is 4.74 Å². The third-order valence-electron chi connectivity index (χ3n) is 4.61. The third-order valence-corrected chi connectivity index (χ3v) is 4.61. The smallest absolute Gasteiger partial charge is 0.339 e. The molecule has 116 valence electrons. The van der Waals surface area contributed by atoms with E-state index in [1.807, 2.05) is 25.1 Å². The lowest BCUT2D eigenvalue weighted by Crippen LogP contribution is -2.20. The van der Waals surface area contributed by atoms with Gasteiger partial charge in [-0.05, 0) is 44.2 Å². The number of hydrogen-bond donors (Lipinski definition) is 1. The molecule has 0 saturated heterocycles. The summed E-state index contributed by atoms with van der Waals surface area (Å²) in [5, 5.41) is 3.58. The second-order valence-electron chi connectivity index (χ2n) is 6.16. The van der Waals surface area contributed by atoms with Crippen LogP contribution in [0.15, 0.2) is 18.2 Å². The third kappa shape index (κ3) is 4.23. The quantitative estimate of drug-likeness (QED) is 0.652. The summed E-state index contributed by atoms with van der Waals surface area (Å²) >= 11 is 0. The van der Waals surface area contributed by atoms with Crippen molar-refractivity contribution in [1.82, 2.24) is 0 Å². The molecule has 0 aliphatic heterocycles. The highest BCUT2D eigenvalue weighted by Crippen LogP contribution is 2.28. The van der Waals surface area contributed by atoms with Crippen molar-refractivity contribution in [3.8, 4) is 0 Å². The van der Waals surface area contributed by atoms with Crippen LogP contribution < -0.4 is 5.32 Å². The van der Waals surface area contributed by atoms with Crippen LogP contribution in [0.3, 0.4) is 0 Å². The van der Waals surface area contributed by atoms with E-state index in [2.05, 4.69) is 12.2 Å². The fraction of sp³-hybridized carbons (Fsp3) is 0.611. The highest BCUT2D eigenvalue weighted by atomic mass is 16.5. The maximum atomic E-state index is 11.9. The van der Waals surface area contributed by atoms with Gasteiger partial charge in [0.05, 0.1) is 12.7 Å². The zero-order valence-corrected chi connectivity index (χ0v) is 13.4. The Bertz CT molecular complexity index is 484. The standard InChI is InChI=1S/C18H27NO2/c1-4-14-6-5-7-15(10-9-14)19-17-11-8-13(2)12-16(17)18(20)21-3/h8,11-12,14-15,19H,4-7,9-10H2,1-3H3. The van der Waals surface area contributed by atoms with Crippen molar-refractivity contribution < 1.29 is 9.53 Å². The number of esters is 1. The van der Waals surface area contributed by atoms with Crippen molar-refractivity contribution in [2.45, 2.75) is 58.4 Å². The number of anilines is 1. The number of carbonyl (C=O) groups excluding carboxylic acids is 1. The number of methoxy groups -OCH3 is 1. The van der Waals surface area contributed by atoms with Gasteiger partial charge >= 0.3 is 5.97 Å². The first-order valence-corrected chi connectivity index (χ1v) is 8.09. The van der Waals surface area contributed by atoms with Gasteiger partial charge in [-0.1, -0.05) is 37.8 Å². The first-order valence-electron chi connectivity index (χ1n) is 8.09. The van der Waals surface area contributed by atoms with E-state index in [9.17, 15) is 4.79 Å². The lowest BCUT2D eigenvalue weighted by Gasteiger charge is -2.20. The van der Waals surface area contributed by atoms with Gasteiger partial charge in [0.2, 0.25) is 0 Å². The molecule has 0 spiro atoms. The number of aryl methyl sites for hydroxylation is 1. The summed E-state index contributed by atoms with van der Waals surface area (Å²) in [5.74, 6) is 0.608. The highest BCUT2D eigenvalue weighted by molar-refractivity contribution is 5.95. The molecule has 3 nitrogen and oxygen atoms in total. The van der Waals surface area contributed by atoms with Crippen molar-refractivity contribution in [1.29, 1.82) is 0 Å². The topological polar surface area (TPSA) is 38.3 Å². The minimum Gasteiger partial charge on any atom is -0.465 e. The van der Waals surface area contributed by atoms with Crippen LogP contribution in [-0.4, -0.2) is 19.1 Å². The van der Waals surface area contributed by atoms with Gasteiger partial charge in [-0.2, -0.15) is 0 Å². The van der Waals surface area contributed by atoms with Gasteiger partial charge in [0, 0.05) is 11.7 Å². The Hall–Kier alpha value is -1.51. The number of benzene rings is 1. The molecule has 21 heavy (non-hydrogen) atoms. The van der Waals surface area contributed by atoms with E-state index in [-0.39, 0.29) is 5.97 Å². The summed E-state index contributed by atoms with van der Waals surface area (Å²) in [6.45, 7) is 4.28. The van der Waals surface area contributed by atoms with Gasteiger partial charge in [-0.3, -0.25) is 0 Å². The van der Waals surface area contributed by atoms with Gasteiger partial charge in [-0.25, -0.2) is 4.79 Å². The Morgan fingerprint density at radius 3 is 2.81 bits per heavy atom. The Morgan fingerprint density at radius 1 is 1.29 bits per heavy atom. The minimum atomic E-state index is -0.263. The molecular weight excluding hydrogens is 262 g/mol. The molecule has 1 saturated carbocycles. The predicted octanol–water partition coefficient (Wildman–Crippen LogP) is 4.55. The normalized spacial score (nSPS) is 22.4. The molecule has 0 radical (unpaired) electrons. The monoisotopic (exact) mass is 289 g/mol. The SMILES string of the molecule is CCC1CCCC(Nc2ccc(C)cc2C(=O)OC)CC1. The summed E-state index contributed by atoms with van der Waals surface area (Å²) in [4.78, 5) is 11.9. The van der Waals surface area contributed by atoms with Gasteiger partial charge in [0.25, 0.3) is 0 Å². The molecule has 1 aliphatic carbocycles. The van der Waals surface area contributed by atoms with Crippen LogP contribution >= 0.6 is 0 Å². The van der Waals surface area contributed by atoms with E-state index in [1.165, 1.54) is 45.6 Å². The van der Waals surface area contributed by atoms with Crippen LogP contribution in [0.5, 0.6) is 0 Å². The number of ether oxygens (including phenoxy) is 1. The second kappa shape index (κ2) is 7.48. The zero-order valence-electron chi connectivity index (χ0n) is 13.4. The van der Waals surface area contributed by atoms with Crippen molar-refractivity contribution >= 4 is 11.7 Å². The summed E-state index contributed by atoms with van der Waals surface area (Å²) in [6, 6.07) is 6.41. The molecule has 1 fully saturated rings. The first kappa shape index (κ1) is 15.9. The summed E-state index contributed by atoms with van der Waals surface area (Å²) in [6.07, 6.45) is 7.55. The van der Waals surface area contributed by atoms with E-state index < -0.39 is 0 Å². The first-order chi connectivity index (χ1) is 10.1. The molecule has 1 N–H and O–H groups in total. The van der Waals surface area contributed by atoms with Gasteiger partial charge < -0.3 is 10.1 Å². The average Bonchev–Trinajstić information content (AvgIpc) is 2.73.